The predicted molar refractivity (Wildman–Crippen MR) is 94.5 cm³/mol. The van der Waals surface area contributed by atoms with Crippen LogP contribution in [0.15, 0.2) is 36.5 Å². The molecule has 0 aliphatic rings. The number of aromatic nitrogens is 1. The van der Waals surface area contributed by atoms with Crippen LogP contribution >= 0.6 is 11.3 Å². The number of fused-ring (bicyclic) bond motifs is 1. The van der Waals surface area contributed by atoms with Crippen LogP contribution < -0.4 is 4.74 Å². The Morgan fingerprint density at radius 3 is 2.56 bits per heavy atom. The van der Waals surface area contributed by atoms with Crippen LogP contribution in [0.1, 0.15) is 27.0 Å². The summed E-state index contributed by atoms with van der Waals surface area (Å²) in [5.41, 5.74) is 1.54. The van der Waals surface area contributed by atoms with E-state index < -0.39 is 11.9 Å². The first kappa shape index (κ1) is 16.9. The van der Waals surface area contributed by atoms with Gasteiger partial charge in [0.05, 0.1) is 19.3 Å². The van der Waals surface area contributed by atoms with E-state index in [2.05, 4.69) is 4.98 Å². The van der Waals surface area contributed by atoms with Gasteiger partial charge in [0.25, 0.3) is 0 Å². The number of carboxylic acid groups (broad SMARTS) is 1. The molecule has 0 radical (unpaired) electrons. The van der Waals surface area contributed by atoms with Crippen molar-refractivity contribution in [2.45, 2.75) is 6.92 Å². The molecule has 0 fully saturated rings. The number of methoxy groups -OCH3 is 1. The first-order chi connectivity index (χ1) is 12.0. The highest BCUT2D eigenvalue weighted by Gasteiger charge is 2.21. The second-order valence-corrected chi connectivity index (χ2v) is 6.14. The van der Waals surface area contributed by atoms with E-state index >= 15 is 0 Å². The van der Waals surface area contributed by atoms with E-state index in [1.54, 1.807) is 44.4 Å². The molecule has 1 aromatic carbocycles. The number of thiophene rings is 1. The third-order valence-electron chi connectivity index (χ3n) is 3.63. The SMILES string of the molecule is CCOC(=O)c1cnc2sc(C(=O)O)c(-c3ccc(OC)cc3)c2c1. The Morgan fingerprint density at radius 1 is 1.24 bits per heavy atom. The van der Waals surface area contributed by atoms with Crippen molar-refractivity contribution in [1.29, 1.82) is 0 Å². The van der Waals surface area contributed by atoms with Crippen LogP contribution in [-0.2, 0) is 4.74 Å². The molecule has 0 amide bonds. The van der Waals surface area contributed by atoms with Gasteiger partial charge in [-0.25, -0.2) is 14.6 Å². The van der Waals surface area contributed by atoms with Crippen LogP contribution in [0.25, 0.3) is 21.3 Å². The Morgan fingerprint density at radius 2 is 1.96 bits per heavy atom. The maximum atomic E-state index is 12.0. The molecule has 0 atom stereocenters. The Bertz CT molecular complexity index is 946. The largest absolute Gasteiger partial charge is 0.497 e. The Kier molecular flexibility index (Phi) is 4.67. The lowest BCUT2D eigenvalue weighted by molar-refractivity contribution is 0.0525. The van der Waals surface area contributed by atoms with Crippen molar-refractivity contribution in [3.63, 3.8) is 0 Å². The molecule has 0 saturated heterocycles. The lowest BCUT2D eigenvalue weighted by Gasteiger charge is -2.05. The van der Waals surface area contributed by atoms with Crippen molar-refractivity contribution in [3.8, 4) is 16.9 Å². The van der Waals surface area contributed by atoms with Crippen LogP contribution in [0.4, 0.5) is 0 Å². The van der Waals surface area contributed by atoms with Crippen LogP contribution in [0.2, 0.25) is 0 Å². The van der Waals surface area contributed by atoms with Gasteiger partial charge in [-0.3, -0.25) is 0 Å². The first-order valence-electron chi connectivity index (χ1n) is 7.52. The van der Waals surface area contributed by atoms with E-state index in [1.807, 2.05) is 0 Å². The number of carbonyl (C=O) groups excluding carboxylic acids is 1. The summed E-state index contributed by atoms with van der Waals surface area (Å²) >= 11 is 1.08. The van der Waals surface area contributed by atoms with Gasteiger partial charge in [-0.05, 0) is 30.7 Å². The average molecular weight is 357 g/mol. The van der Waals surface area contributed by atoms with Gasteiger partial charge in [-0.2, -0.15) is 0 Å². The van der Waals surface area contributed by atoms with Crippen molar-refractivity contribution in [3.05, 3.63) is 47.0 Å². The molecule has 1 N–H and O–H groups in total. The Hall–Kier alpha value is -2.93. The number of rotatable bonds is 5. The molecular weight excluding hydrogens is 342 g/mol. The molecule has 2 heterocycles. The van der Waals surface area contributed by atoms with E-state index in [0.29, 0.717) is 32.7 Å². The Balaban J connectivity index is 2.21. The molecule has 3 rings (SSSR count). The molecular formula is C18H15NO5S. The molecule has 0 aliphatic heterocycles. The molecule has 0 unspecified atom stereocenters. The average Bonchev–Trinajstić information content (AvgIpc) is 3.01. The van der Waals surface area contributed by atoms with Gasteiger partial charge in [-0.1, -0.05) is 12.1 Å². The highest BCUT2D eigenvalue weighted by Crippen LogP contribution is 2.38. The van der Waals surface area contributed by atoms with E-state index in [9.17, 15) is 14.7 Å². The van der Waals surface area contributed by atoms with Crippen molar-refractivity contribution >= 4 is 33.5 Å². The predicted octanol–water partition coefficient (Wildman–Crippen LogP) is 3.85. The lowest BCUT2D eigenvalue weighted by atomic mass is 10.0. The zero-order valence-corrected chi connectivity index (χ0v) is 14.4. The summed E-state index contributed by atoms with van der Waals surface area (Å²) in [5, 5.41) is 10.2. The maximum Gasteiger partial charge on any atom is 0.346 e. The van der Waals surface area contributed by atoms with Crippen molar-refractivity contribution in [2.24, 2.45) is 0 Å². The number of benzene rings is 1. The second-order valence-electron chi connectivity index (χ2n) is 5.14. The molecule has 6 nitrogen and oxygen atoms in total. The summed E-state index contributed by atoms with van der Waals surface area (Å²) in [6, 6.07) is 8.70. The zero-order chi connectivity index (χ0) is 18.0. The smallest absolute Gasteiger partial charge is 0.346 e. The number of carbonyl (C=O) groups is 2. The van der Waals surface area contributed by atoms with Gasteiger partial charge < -0.3 is 14.6 Å². The lowest BCUT2D eigenvalue weighted by Crippen LogP contribution is -2.04. The fraction of sp³-hybridized carbons (Fsp3) is 0.167. The maximum absolute atomic E-state index is 12.0. The fourth-order valence-electron chi connectivity index (χ4n) is 2.50. The van der Waals surface area contributed by atoms with E-state index in [-0.39, 0.29) is 11.5 Å². The number of esters is 1. The summed E-state index contributed by atoms with van der Waals surface area (Å²) in [5.74, 6) is -0.849. The minimum Gasteiger partial charge on any atom is -0.497 e. The topological polar surface area (TPSA) is 85.7 Å². The number of hydrogen-bond donors (Lipinski definition) is 1. The number of pyridine rings is 1. The van der Waals surface area contributed by atoms with Crippen LogP contribution in [0.3, 0.4) is 0 Å². The standard InChI is InChI=1S/C18H15NO5S/c1-3-24-18(22)11-8-13-14(10-4-6-12(23-2)7-5-10)15(17(20)21)25-16(13)19-9-11/h4-9H,3H2,1-2H3,(H,20,21). The normalized spacial score (nSPS) is 10.6. The van der Waals surface area contributed by atoms with Gasteiger partial charge in [-0.15, -0.1) is 11.3 Å². The highest BCUT2D eigenvalue weighted by atomic mass is 32.1. The molecule has 0 bridgehead atoms. The van der Waals surface area contributed by atoms with Crippen LogP contribution in [0.5, 0.6) is 5.75 Å². The van der Waals surface area contributed by atoms with E-state index in [4.69, 9.17) is 9.47 Å². The summed E-state index contributed by atoms with van der Waals surface area (Å²) < 4.78 is 10.1. The number of carboxylic acids is 1. The van der Waals surface area contributed by atoms with Gasteiger partial charge in [0, 0.05) is 17.1 Å². The molecule has 25 heavy (non-hydrogen) atoms. The summed E-state index contributed by atoms with van der Waals surface area (Å²) in [4.78, 5) is 28.6. The van der Waals surface area contributed by atoms with Crippen molar-refractivity contribution in [2.75, 3.05) is 13.7 Å². The van der Waals surface area contributed by atoms with Crippen LogP contribution in [0, 0.1) is 0 Å². The number of aromatic carboxylic acids is 1. The molecule has 2 aromatic heterocycles. The molecule has 3 aromatic rings. The molecule has 0 spiro atoms. The molecule has 128 valence electrons. The summed E-state index contributed by atoms with van der Waals surface area (Å²) in [6.07, 6.45) is 1.40. The monoisotopic (exact) mass is 357 g/mol. The molecule has 0 saturated carbocycles. The minimum atomic E-state index is -1.04. The van der Waals surface area contributed by atoms with Crippen molar-refractivity contribution in [1.82, 2.24) is 4.98 Å². The van der Waals surface area contributed by atoms with Gasteiger partial charge >= 0.3 is 11.9 Å². The first-order valence-corrected chi connectivity index (χ1v) is 8.34. The van der Waals surface area contributed by atoms with E-state index in [1.165, 1.54) is 6.20 Å². The van der Waals surface area contributed by atoms with Crippen LogP contribution in [-0.4, -0.2) is 35.7 Å². The second kappa shape index (κ2) is 6.90. The minimum absolute atomic E-state index is 0.175. The molecule has 0 aliphatic carbocycles. The van der Waals surface area contributed by atoms with Gasteiger partial charge in [0.2, 0.25) is 0 Å². The molecule has 7 heteroatoms. The third kappa shape index (κ3) is 3.18. The fourth-order valence-corrected chi connectivity index (χ4v) is 3.49. The summed E-state index contributed by atoms with van der Waals surface area (Å²) in [7, 11) is 1.56. The van der Waals surface area contributed by atoms with Crippen molar-refractivity contribution < 1.29 is 24.2 Å². The van der Waals surface area contributed by atoms with Gasteiger partial charge in [0.1, 0.15) is 15.5 Å². The zero-order valence-electron chi connectivity index (χ0n) is 13.6. The third-order valence-corrected chi connectivity index (χ3v) is 4.73. The Labute approximate surface area is 147 Å². The number of nitrogens with zero attached hydrogens (tertiary/aromatic N) is 1. The number of ether oxygens (including phenoxy) is 2. The number of hydrogen-bond acceptors (Lipinski definition) is 6. The quantitative estimate of drug-likeness (QED) is 0.698. The van der Waals surface area contributed by atoms with Gasteiger partial charge in [0.15, 0.2) is 0 Å². The summed E-state index contributed by atoms with van der Waals surface area (Å²) in [6.45, 7) is 1.98. The van der Waals surface area contributed by atoms with E-state index in [0.717, 1.165) is 11.3 Å². The highest BCUT2D eigenvalue weighted by molar-refractivity contribution is 7.21.